The van der Waals surface area contributed by atoms with Crippen LogP contribution in [-0.4, -0.2) is 15.9 Å². The Morgan fingerprint density at radius 2 is 2.14 bits per heavy atom. The van der Waals surface area contributed by atoms with Gasteiger partial charge in [-0.15, -0.1) is 0 Å². The molecule has 0 bridgehead atoms. The molecule has 4 rings (SSSR count). The topological polar surface area (TPSA) is 65.2 Å². The minimum atomic E-state index is -0.497. The molecule has 1 saturated carbocycles. The summed E-state index contributed by atoms with van der Waals surface area (Å²) in [5.74, 6) is 0.983. The Kier molecular flexibility index (Phi) is 3.11. The van der Waals surface area contributed by atoms with E-state index < -0.39 is 5.97 Å². The number of carbonyl (C=O) groups is 1. The van der Waals surface area contributed by atoms with Crippen molar-refractivity contribution >= 4 is 16.7 Å². The Balaban J connectivity index is 1.53. The van der Waals surface area contributed by atoms with Crippen molar-refractivity contribution in [3.63, 3.8) is 0 Å². The number of esters is 1. The van der Waals surface area contributed by atoms with E-state index in [9.17, 15) is 4.79 Å². The highest BCUT2D eigenvalue weighted by molar-refractivity contribution is 5.90. The summed E-state index contributed by atoms with van der Waals surface area (Å²) in [4.78, 5) is 20.4. The zero-order chi connectivity index (χ0) is 14.9. The molecule has 3 aromatic rings. The van der Waals surface area contributed by atoms with E-state index in [2.05, 4.69) is 9.97 Å². The van der Waals surface area contributed by atoms with Gasteiger partial charge in [-0.3, -0.25) is 4.98 Å². The van der Waals surface area contributed by atoms with Crippen LogP contribution in [0.4, 0.5) is 0 Å². The predicted molar refractivity (Wildman–Crippen MR) is 79.8 cm³/mol. The Morgan fingerprint density at radius 3 is 2.95 bits per heavy atom. The number of fused-ring (bicyclic) bond motifs is 1. The molecule has 0 amide bonds. The van der Waals surface area contributed by atoms with Crippen LogP contribution in [0.2, 0.25) is 0 Å². The molecule has 5 nitrogen and oxygen atoms in total. The maximum absolute atomic E-state index is 12.1. The molecule has 110 valence electrons. The molecule has 0 N–H and O–H groups in total. The lowest BCUT2D eigenvalue weighted by Gasteiger charge is -2.21. The summed E-state index contributed by atoms with van der Waals surface area (Å²) in [5, 5.41) is 1.96. The average Bonchev–Trinajstić information content (AvgIpc) is 2.95. The van der Waals surface area contributed by atoms with Crippen molar-refractivity contribution in [1.29, 1.82) is 0 Å². The van der Waals surface area contributed by atoms with Crippen LogP contribution in [0.5, 0.6) is 5.75 Å². The lowest BCUT2D eigenvalue weighted by molar-refractivity contribution is 0.0728. The molecule has 2 heterocycles. The number of aromatic nitrogens is 2. The van der Waals surface area contributed by atoms with E-state index >= 15 is 0 Å². The van der Waals surface area contributed by atoms with Gasteiger partial charge in [-0.25, -0.2) is 9.78 Å². The van der Waals surface area contributed by atoms with Crippen LogP contribution < -0.4 is 4.74 Å². The molecule has 0 saturated heterocycles. The number of ether oxygens (including phenoxy) is 1. The number of nitrogens with zero attached hydrogens (tertiary/aromatic N) is 2. The number of carbonyl (C=O) groups excluding carboxylic acids is 1. The van der Waals surface area contributed by atoms with Crippen molar-refractivity contribution in [3.05, 3.63) is 54.5 Å². The molecule has 2 aromatic heterocycles. The zero-order valence-corrected chi connectivity index (χ0v) is 11.9. The molecule has 1 fully saturated rings. The SMILES string of the molecule is O=C(Oc1ccc2cnccc2c1)c1coc(C2CCC2)n1. The first-order valence-corrected chi connectivity index (χ1v) is 7.31. The Morgan fingerprint density at radius 1 is 1.23 bits per heavy atom. The monoisotopic (exact) mass is 294 g/mol. The fraction of sp³-hybridized carbons (Fsp3) is 0.235. The molecule has 0 aliphatic heterocycles. The van der Waals surface area contributed by atoms with Crippen molar-refractivity contribution in [3.8, 4) is 5.75 Å². The molecule has 1 aliphatic carbocycles. The minimum Gasteiger partial charge on any atom is -0.448 e. The van der Waals surface area contributed by atoms with Gasteiger partial charge in [0, 0.05) is 23.7 Å². The molecule has 1 aromatic carbocycles. The summed E-state index contributed by atoms with van der Waals surface area (Å²) in [6.45, 7) is 0. The van der Waals surface area contributed by atoms with Crippen LogP contribution in [0.15, 0.2) is 47.3 Å². The van der Waals surface area contributed by atoms with Gasteiger partial charge in [-0.05, 0) is 42.5 Å². The molecule has 1 aliphatic rings. The van der Waals surface area contributed by atoms with Crippen LogP contribution in [0.1, 0.15) is 41.6 Å². The number of oxazole rings is 1. The third kappa shape index (κ3) is 2.35. The second kappa shape index (κ2) is 5.26. The average molecular weight is 294 g/mol. The number of benzene rings is 1. The lowest BCUT2D eigenvalue weighted by atomic mass is 9.85. The molecule has 5 heteroatoms. The van der Waals surface area contributed by atoms with Crippen LogP contribution in [0.25, 0.3) is 10.8 Å². The number of hydrogen-bond donors (Lipinski definition) is 0. The zero-order valence-electron chi connectivity index (χ0n) is 11.9. The summed E-state index contributed by atoms with van der Waals surface area (Å²) in [6, 6.07) is 7.29. The lowest BCUT2D eigenvalue weighted by Crippen LogP contribution is -2.12. The van der Waals surface area contributed by atoms with E-state index in [-0.39, 0.29) is 5.69 Å². The third-order valence-corrected chi connectivity index (χ3v) is 4.01. The van der Waals surface area contributed by atoms with Crippen LogP contribution >= 0.6 is 0 Å². The molecule has 0 unspecified atom stereocenters. The molecule has 0 atom stereocenters. The van der Waals surface area contributed by atoms with Crippen molar-refractivity contribution in [2.75, 3.05) is 0 Å². The van der Waals surface area contributed by atoms with Crippen LogP contribution in [-0.2, 0) is 0 Å². The smallest absolute Gasteiger partial charge is 0.365 e. The van der Waals surface area contributed by atoms with Gasteiger partial charge in [-0.1, -0.05) is 6.42 Å². The summed E-state index contributed by atoms with van der Waals surface area (Å²) in [7, 11) is 0. The maximum atomic E-state index is 12.1. The molecule has 22 heavy (non-hydrogen) atoms. The summed E-state index contributed by atoms with van der Waals surface area (Å²) in [5.41, 5.74) is 0.219. The van der Waals surface area contributed by atoms with Gasteiger partial charge in [0.1, 0.15) is 12.0 Å². The van der Waals surface area contributed by atoms with Gasteiger partial charge >= 0.3 is 5.97 Å². The predicted octanol–water partition coefficient (Wildman–Crippen LogP) is 3.71. The summed E-state index contributed by atoms with van der Waals surface area (Å²) >= 11 is 0. The van der Waals surface area contributed by atoms with Crippen molar-refractivity contribution in [2.45, 2.75) is 25.2 Å². The fourth-order valence-electron chi connectivity index (χ4n) is 2.51. The second-order valence-electron chi connectivity index (χ2n) is 5.47. The van der Waals surface area contributed by atoms with Gasteiger partial charge in [0.25, 0.3) is 0 Å². The maximum Gasteiger partial charge on any atom is 0.365 e. The second-order valence-corrected chi connectivity index (χ2v) is 5.47. The number of rotatable bonds is 3. The van der Waals surface area contributed by atoms with E-state index in [0.29, 0.717) is 17.6 Å². The van der Waals surface area contributed by atoms with E-state index in [1.807, 2.05) is 18.2 Å². The Hall–Kier alpha value is -2.69. The van der Waals surface area contributed by atoms with Crippen LogP contribution in [0.3, 0.4) is 0 Å². The first-order chi connectivity index (χ1) is 10.8. The van der Waals surface area contributed by atoms with Gasteiger partial charge in [0.2, 0.25) is 0 Å². The van der Waals surface area contributed by atoms with Gasteiger partial charge < -0.3 is 9.15 Å². The Bertz CT molecular complexity index is 837. The number of hydrogen-bond acceptors (Lipinski definition) is 5. The van der Waals surface area contributed by atoms with E-state index in [1.54, 1.807) is 18.5 Å². The molecular formula is C17H14N2O3. The van der Waals surface area contributed by atoms with Crippen LogP contribution in [0, 0.1) is 0 Å². The minimum absolute atomic E-state index is 0.219. The van der Waals surface area contributed by atoms with Gasteiger partial charge in [-0.2, -0.15) is 0 Å². The van der Waals surface area contributed by atoms with Crippen molar-refractivity contribution < 1.29 is 13.9 Å². The summed E-state index contributed by atoms with van der Waals surface area (Å²) < 4.78 is 10.7. The Labute approximate surface area is 126 Å². The van der Waals surface area contributed by atoms with Crippen molar-refractivity contribution in [1.82, 2.24) is 9.97 Å². The van der Waals surface area contributed by atoms with Gasteiger partial charge in [0.05, 0.1) is 0 Å². The first-order valence-electron chi connectivity index (χ1n) is 7.31. The van der Waals surface area contributed by atoms with Crippen molar-refractivity contribution in [2.24, 2.45) is 0 Å². The van der Waals surface area contributed by atoms with E-state index in [0.717, 1.165) is 23.6 Å². The molecule has 0 radical (unpaired) electrons. The highest BCUT2D eigenvalue weighted by atomic mass is 16.5. The summed E-state index contributed by atoms with van der Waals surface area (Å²) in [6.07, 6.45) is 8.20. The standard InChI is InChI=1S/C17H14N2O3/c20-17(15-10-21-16(19-15)11-2-1-3-11)22-14-5-4-13-9-18-7-6-12(13)8-14/h4-11H,1-3H2. The molecular weight excluding hydrogens is 280 g/mol. The highest BCUT2D eigenvalue weighted by Crippen LogP contribution is 2.35. The normalized spacial score (nSPS) is 14.7. The number of pyridine rings is 1. The van der Waals surface area contributed by atoms with Gasteiger partial charge in [0.15, 0.2) is 11.6 Å². The highest BCUT2D eigenvalue weighted by Gasteiger charge is 2.26. The van der Waals surface area contributed by atoms with E-state index in [1.165, 1.54) is 12.7 Å². The quantitative estimate of drug-likeness (QED) is 0.544. The fourth-order valence-corrected chi connectivity index (χ4v) is 2.51. The first kappa shape index (κ1) is 13.0. The third-order valence-electron chi connectivity index (χ3n) is 4.01. The largest absolute Gasteiger partial charge is 0.448 e. The molecule has 0 spiro atoms. The van der Waals surface area contributed by atoms with E-state index in [4.69, 9.17) is 9.15 Å².